The maximum atomic E-state index is 13.1. The van der Waals surface area contributed by atoms with Crippen LogP contribution < -0.4 is 4.74 Å². The summed E-state index contributed by atoms with van der Waals surface area (Å²) >= 11 is 0. The summed E-state index contributed by atoms with van der Waals surface area (Å²) in [5.41, 5.74) is -0.499. The highest BCUT2D eigenvalue weighted by Gasteiger charge is 2.38. The van der Waals surface area contributed by atoms with E-state index in [2.05, 4.69) is 4.98 Å². The molecule has 2 rings (SSSR count). The van der Waals surface area contributed by atoms with Crippen molar-refractivity contribution in [1.29, 1.82) is 0 Å². The molecular formula is C12H13F4NO2. The number of pyridine rings is 1. The minimum Gasteiger partial charge on any atom is -0.473 e. The zero-order chi connectivity index (χ0) is 14.2. The van der Waals surface area contributed by atoms with Gasteiger partial charge in [0.25, 0.3) is 0 Å². The Hall–Kier alpha value is -1.37. The van der Waals surface area contributed by atoms with Crippen LogP contribution in [-0.2, 0) is 6.18 Å². The number of hydrogen-bond acceptors (Lipinski definition) is 3. The van der Waals surface area contributed by atoms with Gasteiger partial charge in [-0.2, -0.15) is 13.2 Å². The number of fused-ring (bicyclic) bond motifs is 1. The molecule has 7 heteroatoms. The topological polar surface area (TPSA) is 42.4 Å². The molecule has 0 spiro atoms. The summed E-state index contributed by atoms with van der Waals surface area (Å²) in [5.74, 6) is -0.355. The van der Waals surface area contributed by atoms with Crippen LogP contribution in [-0.4, -0.2) is 29.0 Å². The molecule has 1 aliphatic rings. The molecule has 0 saturated heterocycles. The van der Waals surface area contributed by atoms with Crippen LogP contribution in [0.1, 0.15) is 30.5 Å². The summed E-state index contributed by atoms with van der Waals surface area (Å²) in [4.78, 5) is 3.43. The van der Waals surface area contributed by atoms with Gasteiger partial charge in [-0.15, -0.1) is 0 Å². The van der Waals surface area contributed by atoms with Crippen molar-refractivity contribution in [2.24, 2.45) is 0 Å². The number of nitrogens with zero attached hydrogens (tertiary/aromatic N) is 1. The first-order valence-corrected chi connectivity index (χ1v) is 5.82. The largest absolute Gasteiger partial charge is 0.473 e. The third kappa shape index (κ3) is 2.80. The van der Waals surface area contributed by atoms with E-state index in [4.69, 9.17) is 9.84 Å². The van der Waals surface area contributed by atoms with Gasteiger partial charge in [-0.3, -0.25) is 0 Å². The van der Waals surface area contributed by atoms with Crippen molar-refractivity contribution in [3.63, 3.8) is 0 Å². The maximum absolute atomic E-state index is 13.1. The Morgan fingerprint density at radius 1 is 1.42 bits per heavy atom. The van der Waals surface area contributed by atoms with Crippen LogP contribution in [0.4, 0.5) is 17.6 Å². The van der Waals surface area contributed by atoms with Crippen LogP contribution in [0.15, 0.2) is 12.1 Å². The molecule has 0 bridgehead atoms. The van der Waals surface area contributed by atoms with E-state index in [1.54, 1.807) is 6.92 Å². The average molecular weight is 279 g/mol. The number of aliphatic hydroxyl groups excluding tert-OH is 1. The molecule has 0 saturated carbocycles. The second-order valence-corrected chi connectivity index (χ2v) is 4.55. The van der Waals surface area contributed by atoms with Crippen LogP contribution in [0.3, 0.4) is 0 Å². The van der Waals surface area contributed by atoms with Crippen LogP contribution in [0.25, 0.3) is 0 Å². The highest BCUT2D eigenvalue weighted by molar-refractivity contribution is 5.36. The molecule has 19 heavy (non-hydrogen) atoms. The molecule has 106 valence electrons. The fourth-order valence-corrected chi connectivity index (χ4v) is 2.07. The van der Waals surface area contributed by atoms with E-state index in [0.29, 0.717) is 5.56 Å². The number of rotatable bonds is 3. The molecule has 0 aliphatic carbocycles. The lowest BCUT2D eigenvalue weighted by Crippen LogP contribution is -2.23. The van der Waals surface area contributed by atoms with Crippen molar-refractivity contribution in [2.75, 3.05) is 6.61 Å². The SMILES string of the molecule is C[C@H]1c2ccc(C(F)(F)F)nc2O[C@H]1C[C@@H](F)CO. The van der Waals surface area contributed by atoms with Gasteiger partial charge < -0.3 is 9.84 Å². The molecule has 1 aromatic rings. The molecule has 1 aromatic heterocycles. The number of aromatic nitrogens is 1. The third-order valence-electron chi connectivity index (χ3n) is 3.18. The van der Waals surface area contributed by atoms with Gasteiger partial charge in [0.15, 0.2) is 0 Å². The van der Waals surface area contributed by atoms with Crippen molar-refractivity contribution >= 4 is 0 Å². The smallest absolute Gasteiger partial charge is 0.433 e. The van der Waals surface area contributed by atoms with Crippen LogP contribution >= 0.6 is 0 Å². The van der Waals surface area contributed by atoms with Crippen molar-refractivity contribution in [1.82, 2.24) is 4.98 Å². The Balaban J connectivity index is 2.21. The minimum atomic E-state index is -4.53. The molecule has 1 N–H and O–H groups in total. The van der Waals surface area contributed by atoms with E-state index in [1.807, 2.05) is 0 Å². The number of hydrogen-bond donors (Lipinski definition) is 1. The Labute approximate surface area is 107 Å². The number of alkyl halides is 4. The predicted octanol–water partition coefficient (Wildman–Crippen LogP) is 2.69. The van der Waals surface area contributed by atoms with E-state index < -0.39 is 30.8 Å². The Kier molecular flexibility index (Phi) is 3.66. The first-order chi connectivity index (χ1) is 8.82. The maximum Gasteiger partial charge on any atom is 0.433 e. The summed E-state index contributed by atoms with van der Waals surface area (Å²) in [6.07, 6.45) is -6.67. The normalized spacial score (nSPS) is 23.9. The fraction of sp³-hybridized carbons (Fsp3) is 0.583. The zero-order valence-corrected chi connectivity index (χ0v) is 10.1. The molecule has 0 amide bonds. The second-order valence-electron chi connectivity index (χ2n) is 4.55. The standard InChI is InChI=1S/C12H13F4NO2/c1-6-8-2-3-10(12(14,15)16)17-11(8)19-9(6)4-7(13)5-18/h2-3,6-7,9,18H,4-5H2,1H3/t6-,7+,9-/m0/s1. The molecule has 1 aliphatic heterocycles. The minimum absolute atomic E-state index is 0.0740. The van der Waals surface area contributed by atoms with E-state index in [0.717, 1.165) is 6.07 Å². The first-order valence-electron chi connectivity index (χ1n) is 5.82. The monoisotopic (exact) mass is 279 g/mol. The van der Waals surface area contributed by atoms with E-state index >= 15 is 0 Å². The summed E-state index contributed by atoms with van der Waals surface area (Å²) in [6, 6.07) is 2.20. The van der Waals surface area contributed by atoms with Gasteiger partial charge in [0.1, 0.15) is 18.0 Å². The van der Waals surface area contributed by atoms with Crippen molar-refractivity contribution in [2.45, 2.75) is 37.7 Å². The highest BCUT2D eigenvalue weighted by atomic mass is 19.4. The molecule has 0 radical (unpaired) electrons. The second kappa shape index (κ2) is 4.96. The predicted molar refractivity (Wildman–Crippen MR) is 58.7 cm³/mol. The third-order valence-corrected chi connectivity index (χ3v) is 3.18. The van der Waals surface area contributed by atoms with Crippen LogP contribution in [0.5, 0.6) is 5.88 Å². The Morgan fingerprint density at radius 3 is 2.68 bits per heavy atom. The molecule has 3 atom stereocenters. The summed E-state index contributed by atoms with van der Waals surface area (Å²) in [7, 11) is 0. The zero-order valence-electron chi connectivity index (χ0n) is 10.1. The van der Waals surface area contributed by atoms with Crippen LogP contribution in [0, 0.1) is 0 Å². The molecule has 0 aromatic carbocycles. The van der Waals surface area contributed by atoms with Gasteiger partial charge in [-0.05, 0) is 6.07 Å². The van der Waals surface area contributed by atoms with Gasteiger partial charge in [-0.25, -0.2) is 9.37 Å². The highest BCUT2D eigenvalue weighted by Crippen LogP contribution is 2.40. The van der Waals surface area contributed by atoms with Crippen molar-refractivity contribution < 1.29 is 27.4 Å². The average Bonchev–Trinajstić information content (AvgIpc) is 2.64. The van der Waals surface area contributed by atoms with Crippen LogP contribution in [0.2, 0.25) is 0 Å². The lowest BCUT2D eigenvalue weighted by Gasteiger charge is -2.16. The van der Waals surface area contributed by atoms with Crippen molar-refractivity contribution in [3.05, 3.63) is 23.4 Å². The summed E-state index contributed by atoms with van der Waals surface area (Å²) in [5, 5.41) is 8.65. The van der Waals surface area contributed by atoms with Gasteiger partial charge in [-0.1, -0.05) is 13.0 Å². The number of ether oxygens (including phenoxy) is 1. The molecule has 0 unspecified atom stereocenters. The Morgan fingerprint density at radius 2 is 2.11 bits per heavy atom. The lowest BCUT2D eigenvalue weighted by molar-refractivity contribution is -0.141. The van der Waals surface area contributed by atoms with E-state index in [1.165, 1.54) is 6.07 Å². The van der Waals surface area contributed by atoms with Gasteiger partial charge >= 0.3 is 6.18 Å². The number of halogens is 4. The quantitative estimate of drug-likeness (QED) is 0.865. The summed E-state index contributed by atoms with van der Waals surface area (Å²) in [6.45, 7) is 1.10. The van der Waals surface area contributed by atoms with Crippen molar-refractivity contribution in [3.8, 4) is 5.88 Å². The lowest BCUT2D eigenvalue weighted by atomic mass is 9.95. The summed E-state index contributed by atoms with van der Waals surface area (Å²) < 4.78 is 55.9. The molecule has 0 fully saturated rings. The van der Waals surface area contributed by atoms with E-state index in [-0.39, 0.29) is 18.2 Å². The van der Waals surface area contributed by atoms with Gasteiger partial charge in [0.05, 0.1) is 6.61 Å². The van der Waals surface area contributed by atoms with E-state index in [9.17, 15) is 17.6 Å². The molecule has 3 nitrogen and oxygen atoms in total. The fourth-order valence-electron chi connectivity index (χ4n) is 2.07. The molecular weight excluding hydrogens is 266 g/mol. The Bertz CT molecular complexity index is 464. The molecule has 2 heterocycles. The van der Waals surface area contributed by atoms with Gasteiger partial charge in [0, 0.05) is 17.9 Å². The number of aliphatic hydroxyl groups is 1. The first kappa shape index (κ1) is 14.0. The van der Waals surface area contributed by atoms with Gasteiger partial charge in [0.2, 0.25) is 5.88 Å².